The van der Waals surface area contributed by atoms with Gasteiger partial charge in [-0.2, -0.15) is 10.4 Å². The van der Waals surface area contributed by atoms with E-state index in [1.807, 2.05) is 11.8 Å². The third kappa shape index (κ3) is 3.14. The van der Waals surface area contributed by atoms with Crippen LogP contribution in [0.5, 0.6) is 0 Å². The number of rotatable bonds is 3. The quantitative estimate of drug-likeness (QED) is 0.878. The van der Waals surface area contributed by atoms with Gasteiger partial charge in [-0.25, -0.2) is 0 Å². The number of aromatic amines is 1. The molecule has 2 aromatic heterocycles. The molecular formula is C15H16N6O2. The van der Waals surface area contributed by atoms with Crippen molar-refractivity contribution in [1.29, 1.82) is 5.26 Å². The summed E-state index contributed by atoms with van der Waals surface area (Å²) in [6, 6.07) is 5.54. The van der Waals surface area contributed by atoms with Gasteiger partial charge in [0.25, 0.3) is 5.91 Å². The molecule has 1 fully saturated rings. The SMILES string of the molecule is Cc1ccc(C(=O)Nc2[nH]nc(N3CCOCC3)c2C#N)cn1. The number of morpholine rings is 1. The molecule has 8 heteroatoms. The fourth-order valence-corrected chi connectivity index (χ4v) is 2.32. The van der Waals surface area contributed by atoms with Gasteiger partial charge in [-0.15, -0.1) is 0 Å². The standard InChI is InChI=1S/C15H16N6O2/c1-10-2-3-11(9-17-10)15(22)18-13-12(8-16)14(20-19-13)21-4-6-23-7-5-21/h2-3,9H,4-7H2,1H3,(H2,18,19,20,22). The molecule has 118 valence electrons. The van der Waals surface area contributed by atoms with Crippen molar-refractivity contribution in [2.45, 2.75) is 6.92 Å². The third-order valence-electron chi connectivity index (χ3n) is 3.58. The Morgan fingerprint density at radius 1 is 1.43 bits per heavy atom. The van der Waals surface area contributed by atoms with E-state index in [4.69, 9.17) is 4.74 Å². The van der Waals surface area contributed by atoms with Crippen LogP contribution in [0.1, 0.15) is 21.6 Å². The number of aryl methyl sites for hydroxylation is 1. The van der Waals surface area contributed by atoms with E-state index in [-0.39, 0.29) is 5.91 Å². The van der Waals surface area contributed by atoms with Crippen LogP contribution in [0.25, 0.3) is 0 Å². The van der Waals surface area contributed by atoms with Gasteiger partial charge in [0.15, 0.2) is 5.82 Å². The van der Waals surface area contributed by atoms with Crippen LogP contribution in [0, 0.1) is 18.3 Å². The van der Waals surface area contributed by atoms with Crippen LogP contribution in [0.3, 0.4) is 0 Å². The van der Waals surface area contributed by atoms with E-state index in [1.165, 1.54) is 6.20 Å². The average Bonchev–Trinajstić information content (AvgIpc) is 2.98. The number of hydrogen-bond donors (Lipinski definition) is 2. The summed E-state index contributed by atoms with van der Waals surface area (Å²) in [7, 11) is 0. The van der Waals surface area contributed by atoms with Crippen LogP contribution >= 0.6 is 0 Å². The molecule has 0 saturated carbocycles. The number of H-pyrrole nitrogens is 1. The molecule has 0 aliphatic carbocycles. The second kappa shape index (κ2) is 6.46. The first kappa shape index (κ1) is 15.0. The fraction of sp³-hybridized carbons (Fsp3) is 0.333. The maximum Gasteiger partial charge on any atom is 0.258 e. The van der Waals surface area contributed by atoms with E-state index in [9.17, 15) is 10.1 Å². The molecule has 1 amide bonds. The van der Waals surface area contributed by atoms with Gasteiger partial charge in [0.1, 0.15) is 17.5 Å². The van der Waals surface area contributed by atoms with Gasteiger partial charge in [-0.05, 0) is 19.1 Å². The summed E-state index contributed by atoms with van der Waals surface area (Å²) in [5.41, 5.74) is 1.57. The highest BCUT2D eigenvalue weighted by Gasteiger charge is 2.22. The van der Waals surface area contributed by atoms with E-state index in [0.29, 0.717) is 49.1 Å². The molecule has 2 aromatic rings. The molecule has 0 bridgehead atoms. The third-order valence-corrected chi connectivity index (χ3v) is 3.58. The summed E-state index contributed by atoms with van der Waals surface area (Å²) in [4.78, 5) is 18.3. The Morgan fingerprint density at radius 3 is 2.87 bits per heavy atom. The number of amides is 1. The summed E-state index contributed by atoms with van der Waals surface area (Å²) in [6.07, 6.45) is 1.50. The predicted octanol–water partition coefficient (Wildman–Crippen LogP) is 1.07. The van der Waals surface area contributed by atoms with Gasteiger partial charge in [0.2, 0.25) is 0 Å². The molecule has 23 heavy (non-hydrogen) atoms. The van der Waals surface area contributed by atoms with E-state index in [2.05, 4.69) is 26.6 Å². The van der Waals surface area contributed by atoms with Crippen molar-refractivity contribution in [2.75, 3.05) is 36.5 Å². The first-order valence-electron chi connectivity index (χ1n) is 7.24. The van der Waals surface area contributed by atoms with Crippen molar-refractivity contribution in [2.24, 2.45) is 0 Å². The number of carbonyl (C=O) groups is 1. The zero-order chi connectivity index (χ0) is 16.2. The number of ether oxygens (including phenoxy) is 1. The Hall–Kier alpha value is -2.92. The lowest BCUT2D eigenvalue weighted by Gasteiger charge is -2.26. The molecule has 3 heterocycles. The van der Waals surface area contributed by atoms with Crippen molar-refractivity contribution < 1.29 is 9.53 Å². The molecule has 0 spiro atoms. The topological polar surface area (TPSA) is 107 Å². The fourth-order valence-electron chi connectivity index (χ4n) is 2.32. The lowest BCUT2D eigenvalue weighted by atomic mass is 10.2. The maximum absolute atomic E-state index is 12.2. The van der Waals surface area contributed by atoms with Gasteiger partial charge in [0, 0.05) is 25.0 Å². The van der Waals surface area contributed by atoms with Gasteiger partial charge < -0.3 is 15.0 Å². The summed E-state index contributed by atoms with van der Waals surface area (Å²) in [5, 5.41) is 19.0. The highest BCUT2D eigenvalue weighted by molar-refractivity contribution is 6.04. The molecule has 0 aromatic carbocycles. The number of pyridine rings is 1. The van der Waals surface area contributed by atoms with Crippen molar-refractivity contribution in [1.82, 2.24) is 15.2 Å². The van der Waals surface area contributed by atoms with E-state index < -0.39 is 0 Å². The number of carbonyl (C=O) groups excluding carboxylic acids is 1. The zero-order valence-electron chi connectivity index (χ0n) is 12.7. The Bertz CT molecular complexity index is 740. The largest absolute Gasteiger partial charge is 0.378 e. The molecule has 0 radical (unpaired) electrons. The summed E-state index contributed by atoms with van der Waals surface area (Å²) >= 11 is 0. The molecule has 0 atom stereocenters. The molecule has 1 aliphatic heterocycles. The Morgan fingerprint density at radius 2 is 2.22 bits per heavy atom. The molecule has 3 rings (SSSR count). The zero-order valence-corrected chi connectivity index (χ0v) is 12.7. The van der Waals surface area contributed by atoms with E-state index in [1.54, 1.807) is 12.1 Å². The van der Waals surface area contributed by atoms with Crippen LogP contribution in [0.4, 0.5) is 11.6 Å². The first-order chi connectivity index (χ1) is 11.2. The monoisotopic (exact) mass is 312 g/mol. The maximum atomic E-state index is 12.2. The molecule has 0 unspecified atom stereocenters. The number of aromatic nitrogens is 3. The molecule has 2 N–H and O–H groups in total. The highest BCUT2D eigenvalue weighted by atomic mass is 16.5. The van der Waals surface area contributed by atoms with Crippen LogP contribution < -0.4 is 10.2 Å². The Labute approximate surface area is 133 Å². The van der Waals surface area contributed by atoms with Gasteiger partial charge in [-0.1, -0.05) is 0 Å². The molecule has 1 aliphatic rings. The highest BCUT2D eigenvalue weighted by Crippen LogP contribution is 2.24. The Balaban J connectivity index is 1.80. The minimum atomic E-state index is -0.342. The van der Waals surface area contributed by atoms with Gasteiger partial charge >= 0.3 is 0 Å². The second-order valence-electron chi connectivity index (χ2n) is 5.15. The molecular weight excluding hydrogens is 296 g/mol. The smallest absolute Gasteiger partial charge is 0.258 e. The lowest BCUT2D eigenvalue weighted by molar-refractivity contribution is 0.102. The predicted molar refractivity (Wildman–Crippen MR) is 83.3 cm³/mol. The molecule has 1 saturated heterocycles. The van der Waals surface area contributed by atoms with Crippen LogP contribution in [-0.2, 0) is 4.74 Å². The van der Waals surface area contributed by atoms with Gasteiger partial charge in [-0.3, -0.25) is 14.9 Å². The van der Waals surface area contributed by atoms with E-state index in [0.717, 1.165) is 5.69 Å². The first-order valence-corrected chi connectivity index (χ1v) is 7.24. The van der Waals surface area contributed by atoms with Crippen LogP contribution in [-0.4, -0.2) is 47.4 Å². The second-order valence-corrected chi connectivity index (χ2v) is 5.15. The molecule has 8 nitrogen and oxygen atoms in total. The summed E-state index contributed by atoms with van der Waals surface area (Å²) < 4.78 is 5.29. The average molecular weight is 312 g/mol. The van der Waals surface area contributed by atoms with Crippen LogP contribution in [0.2, 0.25) is 0 Å². The minimum absolute atomic E-state index is 0.291. The van der Waals surface area contributed by atoms with Gasteiger partial charge in [0.05, 0.1) is 18.8 Å². The number of nitriles is 1. The number of anilines is 2. The van der Waals surface area contributed by atoms with E-state index >= 15 is 0 Å². The number of hydrogen-bond acceptors (Lipinski definition) is 6. The number of nitrogens with zero attached hydrogens (tertiary/aromatic N) is 4. The lowest BCUT2D eigenvalue weighted by Crippen LogP contribution is -2.36. The Kier molecular flexibility index (Phi) is 4.21. The normalized spacial score (nSPS) is 14.3. The number of nitrogens with one attached hydrogen (secondary N) is 2. The van der Waals surface area contributed by atoms with Crippen LogP contribution in [0.15, 0.2) is 18.3 Å². The van der Waals surface area contributed by atoms with Crippen molar-refractivity contribution in [3.63, 3.8) is 0 Å². The van der Waals surface area contributed by atoms with Crippen molar-refractivity contribution in [3.8, 4) is 6.07 Å². The summed E-state index contributed by atoms with van der Waals surface area (Å²) in [6.45, 7) is 4.35. The summed E-state index contributed by atoms with van der Waals surface area (Å²) in [5.74, 6) is 0.485. The minimum Gasteiger partial charge on any atom is -0.378 e. The van der Waals surface area contributed by atoms with Crippen molar-refractivity contribution in [3.05, 3.63) is 35.2 Å². The van der Waals surface area contributed by atoms with Crippen molar-refractivity contribution >= 4 is 17.5 Å².